The quantitative estimate of drug-likeness (QED) is 0.852. The number of hydrogen-bond acceptors (Lipinski definition) is 3. The average molecular weight is 359 g/mol. The second-order valence-electron chi connectivity index (χ2n) is 6.70. The van der Waals surface area contributed by atoms with Crippen molar-refractivity contribution < 1.29 is 9.53 Å². The normalized spacial score (nSPS) is 17.5. The number of likely N-dealkylation sites (tertiary alicyclic amines) is 1. The number of carbonyl (C=O) groups excluding carboxylic acids is 1. The van der Waals surface area contributed by atoms with Crippen molar-refractivity contribution in [3.05, 3.63) is 53.1 Å². The van der Waals surface area contributed by atoms with Crippen LogP contribution in [0.4, 0.5) is 10.5 Å². The number of rotatable bonds is 4. The molecule has 0 bridgehead atoms. The van der Waals surface area contributed by atoms with Crippen LogP contribution in [-0.4, -0.2) is 37.7 Å². The SMILES string of the molecule is Cc1cc(Cl)cc(-c2ccccc2NC(=O)OC[C@@H]2CCN(C)C2)c1. The van der Waals surface area contributed by atoms with E-state index in [0.717, 1.165) is 41.9 Å². The monoisotopic (exact) mass is 358 g/mol. The highest BCUT2D eigenvalue weighted by Crippen LogP contribution is 2.30. The summed E-state index contributed by atoms with van der Waals surface area (Å²) in [5.41, 5.74) is 3.69. The van der Waals surface area contributed by atoms with Gasteiger partial charge in [-0.05, 0) is 56.3 Å². The Bertz CT molecular complexity index is 743. The van der Waals surface area contributed by atoms with Crippen LogP contribution in [0, 0.1) is 12.8 Å². The predicted molar refractivity (Wildman–Crippen MR) is 102 cm³/mol. The van der Waals surface area contributed by atoms with E-state index in [1.807, 2.05) is 49.4 Å². The summed E-state index contributed by atoms with van der Waals surface area (Å²) in [5, 5.41) is 3.54. The van der Waals surface area contributed by atoms with Crippen LogP contribution in [0.1, 0.15) is 12.0 Å². The number of ether oxygens (including phenoxy) is 1. The molecule has 1 heterocycles. The Morgan fingerprint density at radius 2 is 2.12 bits per heavy atom. The number of benzene rings is 2. The van der Waals surface area contributed by atoms with E-state index in [0.29, 0.717) is 17.5 Å². The zero-order valence-corrected chi connectivity index (χ0v) is 15.3. The molecule has 0 aliphatic carbocycles. The minimum Gasteiger partial charge on any atom is -0.449 e. The van der Waals surface area contributed by atoms with Gasteiger partial charge in [0.2, 0.25) is 0 Å². The van der Waals surface area contributed by atoms with Crippen LogP contribution in [0.3, 0.4) is 0 Å². The van der Waals surface area contributed by atoms with E-state index < -0.39 is 6.09 Å². The molecule has 2 aromatic rings. The van der Waals surface area contributed by atoms with E-state index in [9.17, 15) is 4.79 Å². The second-order valence-corrected chi connectivity index (χ2v) is 7.14. The van der Waals surface area contributed by atoms with Crippen molar-refractivity contribution in [1.29, 1.82) is 0 Å². The number of nitrogens with zero attached hydrogens (tertiary/aromatic N) is 1. The highest BCUT2D eigenvalue weighted by atomic mass is 35.5. The van der Waals surface area contributed by atoms with Crippen LogP contribution in [0.25, 0.3) is 11.1 Å². The minimum absolute atomic E-state index is 0.416. The Kier molecular flexibility index (Phi) is 5.61. The molecule has 0 spiro atoms. The predicted octanol–water partition coefficient (Wildman–Crippen LogP) is 4.82. The third kappa shape index (κ3) is 4.74. The van der Waals surface area contributed by atoms with Crippen molar-refractivity contribution in [2.45, 2.75) is 13.3 Å². The molecule has 25 heavy (non-hydrogen) atoms. The molecule has 1 aliphatic rings. The van der Waals surface area contributed by atoms with Crippen molar-refractivity contribution in [2.24, 2.45) is 5.92 Å². The first-order chi connectivity index (χ1) is 12.0. The van der Waals surface area contributed by atoms with E-state index in [-0.39, 0.29) is 0 Å². The molecule has 1 atom stereocenters. The van der Waals surface area contributed by atoms with Gasteiger partial charge in [-0.3, -0.25) is 5.32 Å². The van der Waals surface area contributed by atoms with Crippen molar-refractivity contribution in [1.82, 2.24) is 4.90 Å². The van der Waals surface area contributed by atoms with Crippen molar-refractivity contribution >= 4 is 23.4 Å². The molecule has 2 aromatic carbocycles. The van der Waals surface area contributed by atoms with E-state index in [1.165, 1.54) is 0 Å². The summed E-state index contributed by atoms with van der Waals surface area (Å²) < 4.78 is 5.41. The topological polar surface area (TPSA) is 41.6 Å². The smallest absolute Gasteiger partial charge is 0.411 e. The molecule has 132 valence electrons. The van der Waals surface area contributed by atoms with Crippen LogP contribution in [0.5, 0.6) is 0 Å². The molecular weight excluding hydrogens is 336 g/mol. The lowest BCUT2D eigenvalue weighted by atomic mass is 10.0. The summed E-state index contributed by atoms with van der Waals surface area (Å²) in [6.07, 6.45) is 0.656. The summed E-state index contributed by atoms with van der Waals surface area (Å²) in [5.74, 6) is 0.418. The number of nitrogens with one attached hydrogen (secondary N) is 1. The summed E-state index contributed by atoms with van der Waals surface area (Å²) >= 11 is 6.18. The molecule has 0 saturated carbocycles. The molecule has 5 heteroatoms. The molecule has 1 saturated heterocycles. The molecule has 3 rings (SSSR count). The Morgan fingerprint density at radius 1 is 1.32 bits per heavy atom. The van der Waals surface area contributed by atoms with Gasteiger partial charge < -0.3 is 9.64 Å². The van der Waals surface area contributed by atoms with E-state index in [4.69, 9.17) is 16.3 Å². The second kappa shape index (κ2) is 7.89. The van der Waals surface area contributed by atoms with Gasteiger partial charge in [-0.1, -0.05) is 35.9 Å². The Hall–Kier alpha value is -2.04. The maximum Gasteiger partial charge on any atom is 0.411 e. The molecule has 4 nitrogen and oxygen atoms in total. The molecule has 1 N–H and O–H groups in total. The van der Waals surface area contributed by atoms with Gasteiger partial charge >= 0.3 is 6.09 Å². The Labute approximate surface area is 153 Å². The van der Waals surface area contributed by atoms with Crippen LogP contribution in [-0.2, 0) is 4.74 Å². The zero-order valence-electron chi connectivity index (χ0n) is 14.6. The van der Waals surface area contributed by atoms with Gasteiger partial charge in [0.05, 0.1) is 12.3 Å². The van der Waals surface area contributed by atoms with E-state index >= 15 is 0 Å². The lowest BCUT2D eigenvalue weighted by Crippen LogP contribution is -2.21. The van der Waals surface area contributed by atoms with Crippen LogP contribution in [0.2, 0.25) is 5.02 Å². The summed E-state index contributed by atoms with van der Waals surface area (Å²) in [7, 11) is 2.09. The number of amides is 1. The largest absolute Gasteiger partial charge is 0.449 e. The first-order valence-corrected chi connectivity index (χ1v) is 8.88. The van der Waals surface area contributed by atoms with Gasteiger partial charge in [0, 0.05) is 23.0 Å². The standard InChI is InChI=1S/C20H23ClN2O2/c1-14-9-16(11-17(21)10-14)18-5-3-4-6-19(18)22-20(24)25-13-15-7-8-23(2)12-15/h3-6,9-11,15H,7-8,12-13H2,1-2H3,(H,22,24)/t15-/m1/s1. The van der Waals surface area contributed by atoms with Gasteiger partial charge in [-0.15, -0.1) is 0 Å². The molecule has 0 aromatic heterocycles. The molecule has 1 amide bonds. The number of aryl methyl sites for hydroxylation is 1. The van der Waals surface area contributed by atoms with Gasteiger partial charge in [-0.2, -0.15) is 0 Å². The van der Waals surface area contributed by atoms with Crippen LogP contribution in [0.15, 0.2) is 42.5 Å². The van der Waals surface area contributed by atoms with E-state index in [1.54, 1.807) is 0 Å². The summed E-state index contributed by atoms with van der Waals surface area (Å²) in [4.78, 5) is 14.4. The summed E-state index contributed by atoms with van der Waals surface area (Å²) in [6.45, 7) is 4.49. The fraction of sp³-hybridized carbons (Fsp3) is 0.350. The number of anilines is 1. The van der Waals surface area contributed by atoms with Gasteiger partial charge in [0.25, 0.3) is 0 Å². The number of hydrogen-bond donors (Lipinski definition) is 1. The first kappa shape index (κ1) is 17.8. The minimum atomic E-state index is -0.416. The number of halogens is 1. The lowest BCUT2D eigenvalue weighted by molar-refractivity contribution is 0.142. The van der Waals surface area contributed by atoms with E-state index in [2.05, 4.69) is 17.3 Å². The highest BCUT2D eigenvalue weighted by molar-refractivity contribution is 6.31. The maximum atomic E-state index is 12.2. The average Bonchev–Trinajstić information content (AvgIpc) is 2.98. The number of para-hydroxylation sites is 1. The summed E-state index contributed by atoms with van der Waals surface area (Å²) in [6, 6.07) is 13.5. The van der Waals surface area contributed by atoms with Crippen LogP contribution < -0.4 is 5.32 Å². The Balaban J connectivity index is 1.69. The first-order valence-electron chi connectivity index (χ1n) is 8.50. The Morgan fingerprint density at radius 3 is 2.84 bits per heavy atom. The van der Waals surface area contributed by atoms with Gasteiger partial charge in [0.15, 0.2) is 0 Å². The number of carbonyl (C=O) groups is 1. The third-order valence-corrected chi connectivity index (χ3v) is 4.67. The fourth-order valence-corrected chi connectivity index (χ4v) is 3.53. The van der Waals surface area contributed by atoms with Gasteiger partial charge in [-0.25, -0.2) is 4.79 Å². The fourth-order valence-electron chi connectivity index (χ4n) is 3.24. The third-order valence-electron chi connectivity index (χ3n) is 4.46. The maximum absolute atomic E-state index is 12.2. The zero-order chi connectivity index (χ0) is 17.8. The molecule has 0 radical (unpaired) electrons. The molecular formula is C20H23ClN2O2. The highest BCUT2D eigenvalue weighted by Gasteiger charge is 2.21. The molecule has 0 unspecified atom stereocenters. The lowest BCUT2D eigenvalue weighted by Gasteiger charge is -2.14. The van der Waals surface area contributed by atoms with Crippen molar-refractivity contribution in [3.8, 4) is 11.1 Å². The molecule has 1 aliphatic heterocycles. The van der Waals surface area contributed by atoms with Gasteiger partial charge in [0.1, 0.15) is 0 Å². The van der Waals surface area contributed by atoms with Crippen LogP contribution >= 0.6 is 11.6 Å². The molecule has 1 fully saturated rings. The van der Waals surface area contributed by atoms with Crippen molar-refractivity contribution in [2.75, 3.05) is 32.1 Å². The van der Waals surface area contributed by atoms with Crippen molar-refractivity contribution in [3.63, 3.8) is 0 Å².